The minimum atomic E-state index is -0.167. The van der Waals surface area contributed by atoms with E-state index in [0.29, 0.717) is 6.54 Å². The van der Waals surface area contributed by atoms with Crippen LogP contribution in [0.15, 0.2) is 29.4 Å². The molecular weight excluding hydrogens is 254 g/mol. The van der Waals surface area contributed by atoms with Crippen LogP contribution in [0.2, 0.25) is 0 Å². The maximum absolute atomic E-state index is 12.2. The lowest BCUT2D eigenvalue weighted by Crippen LogP contribution is -2.39. The molecule has 0 heterocycles. The lowest BCUT2D eigenvalue weighted by molar-refractivity contribution is -0.125. The van der Waals surface area contributed by atoms with Gasteiger partial charge in [-0.15, -0.1) is 0 Å². The molecule has 0 spiro atoms. The Morgan fingerprint density at radius 1 is 1.50 bits per heavy atom. The number of fused-ring (bicyclic) bond motifs is 1. The number of benzene rings is 1. The minimum absolute atomic E-state index is 0.0180. The van der Waals surface area contributed by atoms with Crippen LogP contribution in [0.25, 0.3) is 0 Å². The number of hydrogen-bond acceptors (Lipinski definition) is 3. The molecule has 5 nitrogen and oxygen atoms in total. The van der Waals surface area contributed by atoms with E-state index in [1.54, 1.807) is 0 Å². The fourth-order valence-electron chi connectivity index (χ4n) is 2.52. The van der Waals surface area contributed by atoms with Crippen molar-refractivity contribution in [3.63, 3.8) is 0 Å². The maximum Gasteiger partial charge on any atom is 0.223 e. The summed E-state index contributed by atoms with van der Waals surface area (Å²) in [7, 11) is 0. The Labute approximate surface area is 118 Å². The van der Waals surface area contributed by atoms with Gasteiger partial charge < -0.3 is 16.3 Å². The molecule has 108 valence electrons. The Hall–Kier alpha value is -2.04. The molecule has 0 fully saturated rings. The van der Waals surface area contributed by atoms with Crippen LogP contribution in [0.5, 0.6) is 0 Å². The summed E-state index contributed by atoms with van der Waals surface area (Å²) in [5, 5.41) is 14.4. The first-order chi connectivity index (χ1) is 9.61. The molecule has 0 saturated heterocycles. The molecule has 0 bridgehead atoms. The van der Waals surface area contributed by atoms with Crippen LogP contribution in [0, 0.1) is 11.8 Å². The molecule has 1 amide bonds. The van der Waals surface area contributed by atoms with Gasteiger partial charge >= 0.3 is 0 Å². The van der Waals surface area contributed by atoms with Crippen molar-refractivity contribution >= 4 is 11.7 Å². The quantitative estimate of drug-likeness (QED) is 0.335. The molecule has 1 aliphatic carbocycles. The molecule has 1 aromatic carbocycles. The number of carbonyl (C=O) groups is 1. The van der Waals surface area contributed by atoms with E-state index in [9.17, 15) is 4.79 Å². The second-order valence-electron chi connectivity index (χ2n) is 5.38. The highest BCUT2D eigenvalue weighted by molar-refractivity contribution is 5.84. The molecule has 4 N–H and O–H groups in total. The number of amides is 1. The molecule has 1 aromatic rings. The second kappa shape index (κ2) is 6.41. The van der Waals surface area contributed by atoms with E-state index in [0.717, 1.165) is 19.3 Å². The highest BCUT2D eigenvalue weighted by Crippen LogP contribution is 2.25. The fraction of sp³-hybridized carbons (Fsp3) is 0.467. The summed E-state index contributed by atoms with van der Waals surface area (Å²) in [6.07, 6.45) is 2.62. The lowest BCUT2D eigenvalue weighted by Gasteiger charge is -2.24. The zero-order chi connectivity index (χ0) is 14.5. The third-order valence-corrected chi connectivity index (χ3v) is 3.92. The molecule has 2 atom stereocenters. The number of hydrogen-bond donors (Lipinski definition) is 3. The maximum atomic E-state index is 12.2. The average molecular weight is 275 g/mol. The third-order valence-electron chi connectivity index (χ3n) is 3.92. The molecule has 2 unspecified atom stereocenters. The normalized spacial score (nSPS) is 20.1. The van der Waals surface area contributed by atoms with E-state index in [-0.39, 0.29) is 23.6 Å². The van der Waals surface area contributed by atoms with Crippen molar-refractivity contribution in [3.05, 3.63) is 35.4 Å². The zero-order valence-electron chi connectivity index (χ0n) is 11.7. The number of carbonyl (C=O) groups excluding carboxylic acids is 1. The van der Waals surface area contributed by atoms with Gasteiger partial charge in [0.15, 0.2) is 0 Å². The third kappa shape index (κ3) is 3.29. The van der Waals surface area contributed by atoms with Crippen molar-refractivity contribution in [1.29, 1.82) is 0 Å². The van der Waals surface area contributed by atoms with E-state index >= 15 is 0 Å². The molecule has 2 rings (SSSR count). The van der Waals surface area contributed by atoms with Gasteiger partial charge in [0, 0.05) is 18.4 Å². The zero-order valence-corrected chi connectivity index (χ0v) is 11.7. The van der Waals surface area contributed by atoms with E-state index in [2.05, 4.69) is 22.6 Å². The number of aryl methyl sites for hydroxylation is 1. The van der Waals surface area contributed by atoms with E-state index in [1.165, 1.54) is 11.1 Å². The van der Waals surface area contributed by atoms with Crippen LogP contribution in [0.1, 0.15) is 24.5 Å². The lowest BCUT2D eigenvalue weighted by atomic mass is 9.83. The Balaban J connectivity index is 1.89. The van der Waals surface area contributed by atoms with Crippen LogP contribution in [-0.4, -0.2) is 23.5 Å². The van der Waals surface area contributed by atoms with E-state index in [1.807, 2.05) is 19.1 Å². The number of rotatable bonds is 4. The van der Waals surface area contributed by atoms with Crippen molar-refractivity contribution in [2.45, 2.75) is 26.2 Å². The van der Waals surface area contributed by atoms with Gasteiger partial charge in [-0.25, -0.2) is 0 Å². The number of nitrogens with zero attached hydrogens (tertiary/aromatic N) is 1. The molecule has 5 heteroatoms. The first-order valence-electron chi connectivity index (χ1n) is 6.93. The number of nitrogens with one attached hydrogen (secondary N) is 1. The number of oxime groups is 1. The van der Waals surface area contributed by atoms with Gasteiger partial charge in [-0.3, -0.25) is 4.79 Å². The van der Waals surface area contributed by atoms with Gasteiger partial charge in [0.1, 0.15) is 5.84 Å². The van der Waals surface area contributed by atoms with Crippen LogP contribution in [0.4, 0.5) is 0 Å². The first-order valence-corrected chi connectivity index (χ1v) is 6.93. The van der Waals surface area contributed by atoms with Crippen molar-refractivity contribution < 1.29 is 10.0 Å². The summed E-state index contributed by atoms with van der Waals surface area (Å²) in [6.45, 7) is 2.21. The highest BCUT2D eigenvalue weighted by atomic mass is 16.4. The van der Waals surface area contributed by atoms with Crippen molar-refractivity contribution in [2.75, 3.05) is 6.54 Å². The molecule has 0 aromatic heterocycles. The highest BCUT2D eigenvalue weighted by Gasteiger charge is 2.24. The van der Waals surface area contributed by atoms with Crippen molar-refractivity contribution in [3.8, 4) is 0 Å². The molecule has 0 saturated carbocycles. The summed E-state index contributed by atoms with van der Waals surface area (Å²) in [5.41, 5.74) is 8.11. The van der Waals surface area contributed by atoms with Gasteiger partial charge in [-0.05, 0) is 30.4 Å². The topological polar surface area (TPSA) is 87.7 Å². The van der Waals surface area contributed by atoms with Crippen LogP contribution >= 0.6 is 0 Å². The summed E-state index contributed by atoms with van der Waals surface area (Å²) in [6, 6.07) is 8.27. The van der Waals surface area contributed by atoms with Gasteiger partial charge in [0.05, 0.1) is 0 Å². The smallest absolute Gasteiger partial charge is 0.223 e. The van der Waals surface area contributed by atoms with Crippen LogP contribution in [-0.2, 0) is 17.6 Å². The van der Waals surface area contributed by atoms with E-state index < -0.39 is 0 Å². The van der Waals surface area contributed by atoms with Crippen LogP contribution < -0.4 is 11.1 Å². The Morgan fingerprint density at radius 2 is 2.20 bits per heavy atom. The van der Waals surface area contributed by atoms with Gasteiger partial charge in [-0.2, -0.15) is 0 Å². The molecule has 0 aliphatic heterocycles. The predicted octanol–water partition coefficient (Wildman–Crippen LogP) is 1.29. The summed E-state index contributed by atoms with van der Waals surface area (Å²) in [5.74, 6) is 0.0422. The van der Waals surface area contributed by atoms with E-state index in [4.69, 9.17) is 10.9 Å². The summed E-state index contributed by atoms with van der Waals surface area (Å²) < 4.78 is 0. The SMILES string of the molecule is CC(CNC(=O)C1CCc2ccccc2C1)/C(N)=N/O. The predicted molar refractivity (Wildman–Crippen MR) is 77.5 cm³/mol. The van der Waals surface area contributed by atoms with Gasteiger partial charge in [0.2, 0.25) is 5.91 Å². The molecule has 1 aliphatic rings. The van der Waals surface area contributed by atoms with Gasteiger partial charge in [0.25, 0.3) is 0 Å². The fourth-order valence-corrected chi connectivity index (χ4v) is 2.52. The van der Waals surface area contributed by atoms with Crippen molar-refractivity contribution in [1.82, 2.24) is 5.32 Å². The first kappa shape index (κ1) is 14.4. The van der Waals surface area contributed by atoms with Crippen molar-refractivity contribution in [2.24, 2.45) is 22.7 Å². The average Bonchev–Trinajstić information content (AvgIpc) is 2.50. The Kier molecular flexibility index (Phi) is 4.61. The Bertz CT molecular complexity index is 514. The molecule has 0 radical (unpaired) electrons. The van der Waals surface area contributed by atoms with Gasteiger partial charge in [-0.1, -0.05) is 36.3 Å². The second-order valence-corrected chi connectivity index (χ2v) is 5.38. The molecule has 20 heavy (non-hydrogen) atoms. The number of nitrogens with two attached hydrogens (primary N) is 1. The standard InChI is InChI=1S/C15H21N3O2/c1-10(14(16)18-20)9-17-15(19)13-7-6-11-4-2-3-5-12(11)8-13/h2-5,10,13,20H,6-9H2,1H3,(H2,16,18)(H,17,19). The minimum Gasteiger partial charge on any atom is -0.409 e. The molecular formula is C15H21N3O2. The number of amidine groups is 1. The monoisotopic (exact) mass is 275 g/mol. The largest absolute Gasteiger partial charge is 0.409 e. The summed E-state index contributed by atoms with van der Waals surface area (Å²) >= 11 is 0. The van der Waals surface area contributed by atoms with Crippen LogP contribution in [0.3, 0.4) is 0 Å². The summed E-state index contributed by atoms with van der Waals surface area (Å²) in [4.78, 5) is 12.2. The Morgan fingerprint density at radius 3 is 2.90 bits per heavy atom.